The standard InChI is InChI=1S/C17H29NO3/c1-6-10-18-13-14-8-7-9-15(19-5)16(14)20-11-12-21-17(2,3)4/h7-9,18H,6,10-13H2,1-5H3. The van der Waals surface area contributed by atoms with Crippen molar-refractivity contribution >= 4 is 0 Å². The Kier molecular flexibility index (Phi) is 7.54. The maximum Gasteiger partial charge on any atom is 0.165 e. The SMILES string of the molecule is CCCNCc1cccc(OC)c1OCCOC(C)(C)C. The van der Waals surface area contributed by atoms with E-state index in [9.17, 15) is 0 Å². The van der Waals surface area contributed by atoms with Gasteiger partial charge in [-0.1, -0.05) is 19.1 Å². The van der Waals surface area contributed by atoms with Crippen molar-refractivity contribution in [3.63, 3.8) is 0 Å². The van der Waals surface area contributed by atoms with E-state index in [1.165, 1.54) is 0 Å². The molecule has 0 atom stereocenters. The van der Waals surface area contributed by atoms with Gasteiger partial charge in [0.1, 0.15) is 6.61 Å². The van der Waals surface area contributed by atoms with Crippen LogP contribution >= 0.6 is 0 Å². The molecule has 0 aromatic heterocycles. The van der Waals surface area contributed by atoms with Gasteiger partial charge in [0.15, 0.2) is 11.5 Å². The molecule has 0 aliphatic heterocycles. The van der Waals surface area contributed by atoms with Crippen LogP contribution in [0.15, 0.2) is 18.2 Å². The van der Waals surface area contributed by atoms with Gasteiger partial charge in [-0.15, -0.1) is 0 Å². The lowest BCUT2D eigenvalue weighted by Crippen LogP contribution is -2.23. The first kappa shape index (κ1) is 17.8. The van der Waals surface area contributed by atoms with Crippen LogP contribution in [0.4, 0.5) is 0 Å². The molecule has 4 nitrogen and oxygen atoms in total. The molecule has 0 aliphatic carbocycles. The highest BCUT2D eigenvalue weighted by molar-refractivity contribution is 5.46. The molecule has 0 fully saturated rings. The highest BCUT2D eigenvalue weighted by Gasteiger charge is 2.12. The van der Waals surface area contributed by atoms with E-state index in [1.54, 1.807) is 7.11 Å². The summed E-state index contributed by atoms with van der Waals surface area (Å²) in [5, 5.41) is 3.39. The molecule has 21 heavy (non-hydrogen) atoms. The lowest BCUT2D eigenvalue weighted by Gasteiger charge is -2.20. The first-order valence-electron chi connectivity index (χ1n) is 7.61. The largest absolute Gasteiger partial charge is 0.493 e. The third-order valence-corrected chi connectivity index (χ3v) is 2.89. The molecule has 0 radical (unpaired) electrons. The molecule has 0 unspecified atom stereocenters. The van der Waals surface area contributed by atoms with Crippen molar-refractivity contribution in [3.8, 4) is 11.5 Å². The number of rotatable bonds is 9. The van der Waals surface area contributed by atoms with E-state index in [0.717, 1.165) is 36.6 Å². The number of benzene rings is 1. The van der Waals surface area contributed by atoms with Crippen LogP contribution in [0.1, 0.15) is 39.7 Å². The first-order valence-corrected chi connectivity index (χ1v) is 7.61. The van der Waals surface area contributed by atoms with E-state index in [4.69, 9.17) is 14.2 Å². The summed E-state index contributed by atoms with van der Waals surface area (Å²) < 4.78 is 17.0. The average molecular weight is 295 g/mol. The summed E-state index contributed by atoms with van der Waals surface area (Å²) in [7, 11) is 1.66. The fourth-order valence-corrected chi connectivity index (χ4v) is 1.92. The quantitative estimate of drug-likeness (QED) is 0.709. The fourth-order valence-electron chi connectivity index (χ4n) is 1.92. The molecule has 1 rings (SSSR count). The zero-order valence-corrected chi connectivity index (χ0v) is 14.0. The summed E-state index contributed by atoms with van der Waals surface area (Å²) in [4.78, 5) is 0. The van der Waals surface area contributed by atoms with Gasteiger partial charge in [0, 0.05) is 12.1 Å². The van der Waals surface area contributed by atoms with Crippen LogP contribution in [-0.2, 0) is 11.3 Å². The number of methoxy groups -OCH3 is 1. The second kappa shape index (κ2) is 8.90. The second-order valence-corrected chi connectivity index (χ2v) is 5.93. The van der Waals surface area contributed by atoms with Crippen LogP contribution < -0.4 is 14.8 Å². The maximum absolute atomic E-state index is 5.90. The van der Waals surface area contributed by atoms with E-state index in [2.05, 4.69) is 18.3 Å². The Morgan fingerprint density at radius 3 is 2.52 bits per heavy atom. The van der Waals surface area contributed by atoms with Crippen LogP contribution in [0.3, 0.4) is 0 Å². The summed E-state index contributed by atoms with van der Waals surface area (Å²) in [6.07, 6.45) is 1.11. The summed E-state index contributed by atoms with van der Waals surface area (Å²) in [6, 6.07) is 5.97. The van der Waals surface area contributed by atoms with E-state index in [0.29, 0.717) is 13.2 Å². The van der Waals surface area contributed by atoms with E-state index < -0.39 is 0 Å². The van der Waals surface area contributed by atoms with Gasteiger partial charge in [-0.3, -0.25) is 0 Å². The predicted octanol–water partition coefficient (Wildman–Crippen LogP) is 3.39. The van der Waals surface area contributed by atoms with Crippen molar-refractivity contribution in [1.82, 2.24) is 5.32 Å². The van der Waals surface area contributed by atoms with Gasteiger partial charge in [0.25, 0.3) is 0 Å². The van der Waals surface area contributed by atoms with Crippen LogP contribution in [-0.4, -0.2) is 32.5 Å². The van der Waals surface area contributed by atoms with Crippen molar-refractivity contribution in [3.05, 3.63) is 23.8 Å². The summed E-state index contributed by atoms with van der Waals surface area (Å²) in [6.45, 7) is 11.1. The molecule has 0 bridgehead atoms. The van der Waals surface area contributed by atoms with Crippen molar-refractivity contribution < 1.29 is 14.2 Å². The summed E-state index contributed by atoms with van der Waals surface area (Å²) >= 11 is 0. The third kappa shape index (κ3) is 6.82. The monoisotopic (exact) mass is 295 g/mol. The second-order valence-electron chi connectivity index (χ2n) is 5.93. The third-order valence-electron chi connectivity index (χ3n) is 2.89. The van der Waals surface area contributed by atoms with Crippen LogP contribution in [0.2, 0.25) is 0 Å². The Morgan fingerprint density at radius 2 is 1.90 bits per heavy atom. The van der Waals surface area contributed by atoms with Gasteiger partial charge >= 0.3 is 0 Å². The fraction of sp³-hybridized carbons (Fsp3) is 0.647. The minimum absolute atomic E-state index is 0.143. The number of hydrogen-bond donors (Lipinski definition) is 1. The molecule has 1 aromatic carbocycles. The number of hydrogen-bond acceptors (Lipinski definition) is 4. The average Bonchev–Trinajstić information content (AvgIpc) is 2.43. The molecule has 0 aliphatic rings. The van der Waals surface area contributed by atoms with Gasteiger partial charge in [0.2, 0.25) is 0 Å². The first-order chi connectivity index (χ1) is 9.98. The molecule has 1 aromatic rings. The van der Waals surface area contributed by atoms with Gasteiger partial charge < -0.3 is 19.5 Å². The van der Waals surface area contributed by atoms with Crippen molar-refractivity contribution in [1.29, 1.82) is 0 Å². The topological polar surface area (TPSA) is 39.7 Å². The molecular weight excluding hydrogens is 266 g/mol. The summed E-state index contributed by atoms with van der Waals surface area (Å²) in [5.74, 6) is 1.57. The molecular formula is C17H29NO3. The van der Waals surface area contributed by atoms with E-state index in [1.807, 2.05) is 32.9 Å². The Bertz CT molecular complexity index is 413. The lowest BCUT2D eigenvalue weighted by atomic mass is 10.2. The minimum Gasteiger partial charge on any atom is -0.493 e. The van der Waals surface area contributed by atoms with Gasteiger partial charge in [0.05, 0.1) is 19.3 Å². The Labute approximate surface area is 128 Å². The smallest absolute Gasteiger partial charge is 0.165 e. The van der Waals surface area contributed by atoms with Crippen molar-refractivity contribution in [2.75, 3.05) is 26.9 Å². The molecule has 4 heteroatoms. The zero-order valence-electron chi connectivity index (χ0n) is 14.0. The Balaban J connectivity index is 2.64. The van der Waals surface area contributed by atoms with Crippen LogP contribution in [0.5, 0.6) is 11.5 Å². The molecule has 0 saturated heterocycles. The zero-order chi connectivity index (χ0) is 15.7. The lowest BCUT2D eigenvalue weighted by molar-refractivity contribution is -0.0166. The highest BCUT2D eigenvalue weighted by atomic mass is 16.5. The Hall–Kier alpha value is -1.26. The molecule has 120 valence electrons. The predicted molar refractivity (Wildman–Crippen MR) is 86.2 cm³/mol. The molecule has 0 heterocycles. The van der Waals surface area contributed by atoms with Gasteiger partial charge in [-0.05, 0) is 39.8 Å². The van der Waals surface area contributed by atoms with E-state index in [-0.39, 0.29) is 5.60 Å². The Morgan fingerprint density at radius 1 is 1.14 bits per heavy atom. The molecule has 1 N–H and O–H groups in total. The van der Waals surface area contributed by atoms with Crippen LogP contribution in [0.25, 0.3) is 0 Å². The van der Waals surface area contributed by atoms with Gasteiger partial charge in [-0.25, -0.2) is 0 Å². The number of para-hydroxylation sites is 1. The molecule has 0 spiro atoms. The van der Waals surface area contributed by atoms with Crippen LogP contribution in [0, 0.1) is 0 Å². The highest BCUT2D eigenvalue weighted by Crippen LogP contribution is 2.31. The van der Waals surface area contributed by atoms with Crippen molar-refractivity contribution in [2.24, 2.45) is 0 Å². The number of nitrogens with one attached hydrogen (secondary N) is 1. The number of ether oxygens (including phenoxy) is 3. The van der Waals surface area contributed by atoms with Crippen molar-refractivity contribution in [2.45, 2.75) is 46.3 Å². The normalized spacial score (nSPS) is 11.5. The summed E-state index contributed by atoms with van der Waals surface area (Å²) in [5.41, 5.74) is 0.967. The molecule has 0 saturated carbocycles. The van der Waals surface area contributed by atoms with Gasteiger partial charge in [-0.2, -0.15) is 0 Å². The maximum atomic E-state index is 5.90. The van der Waals surface area contributed by atoms with E-state index >= 15 is 0 Å². The molecule has 0 amide bonds. The minimum atomic E-state index is -0.143.